The molecule has 5 nitrogen and oxygen atoms in total. The molecule has 1 saturated carbocycles. The number of rotatable bonds is 7. The van der Waals surface area contributed by atoms with Gasteiger partial charge in [0.1, 0.15) is 29.8 Å². The lowest BCUT2D eigenvalue weighted by atomic mass is 9.85. The Hall–Kier alpha value is -5.62. The molecule has 0 spiro atoms. The van der Waals surface area contributed by atoms with Crippen molar-refractivity contribution >= 4 is 44.6 Å². The average Bonchev–Trinajstić information content (AvgIpc) is 3.71. The molecule has 1 fully saturated rings. The van der Waals surface area contributed by atoms with E-state index in [9.17, 15) is 4.39 Å². The highest BCUT2D eigenvalue weighted by Crippen LogP contribution is 2.46. The molecule has 0 amide bonds. The molecule has 266 valence electrons. The van der Waals surface area contributed by atoms with Crippen LogP contribution < -0.4 is 14.5 Å². The number of pyridine rings is 1. The largest absolute Gasteiger partial charge is 0.457 e. The molecule has 1 aliphatic carbocycles. The van der Waals surface area contributed by atoms with Crippen LogP contribution in [0, 0.1) is 5.82 Å². The summed E-state index contributed by atoms with van der Waals surface area (Å²) in [5, 5.41) is 2.36. The number of benzene rings is 5. The van der Waals surface area contributed by atoms with E-state index >= 15 is 0 Å². The van der Waals surface area contributed by atoms with E-state index in [-0.39, 0.29) is 5.82 Å². The summed E-state index contributed by atoms with van der Waals surface area (Å²) in [5.74, 6) is 3.18. The van der Waals surface area contributed by atoms with Crippen LogP contribution >= 0.6 is 0 Å². The standard InChI is InChI=1S/C47H45FN4O/c1-32(2)34-24-25-49-47(28-34)52-43-15-9-8-14-41(43)42-23-22-39(30-46(42)52)53-40-27-35(33-12-6-4-3-5-7-13-33)26-38(29-40)51-31-50(37-20-18-36(48)19-21-37)44-16-10-11-17-45(44)51/h8-11,14-30,32-33H,3-7,12-13,31H2,1-2H3. The molecule has 7 aromatic rings. The maximum Gasteiger partial charge on any atom is 0.137 e. The lowest BCUT2D eigenvalue weighted by molar-refractivity contribution is 0.451. The van der Waals surface area contributed by atoms with Crippen molar-refractivity contribution in [2.45, 2.75) is 70.6 Å². The monoisotopic (exact) mass is 700 g/mol. The van der Waals surface area contributed by atoms with Gasteiger partial charge >= 0.3 is 0 Å². The molecule has 0 N–H and O–H groups in total. The fourth-order valence-corrected chi connectivity index (χ4v) is 8.43. The number of hydrogen-bond donors (Lipinski definition) is 0. The van der Waals surface area contributed by atoms with E-state index in [1.807, 2.05) is 18.3 Å². The normalized spacial score (nSPS) is 15.2. The first-order valence-corrected chi connectivity index (χ1v) is 19.2. The number of aromatic nitrogens is 2. The van der Waals surface area contributed by atoms with E-state index in [2.05, 4.69) is 125 Å². The predicted octanol–water partition coefficient (Wildman–Crippen LogP) is 13.3. The number of fused-ring (bicyclic) bond motifs is 4. The minimum absolute atomic E-state index is 0.231. The van der Waals surface area contributed by atoms with Crippen LogP contribution in [0.15, 0.2) is 128 Å². The van der Waals surface area contributed by atoms with Gasteiger partial charge in [0.25, 0.3) is 0 Å². The molecule has 0 bridgehead atoms. The van der Waals surface area contributed by atoms with Gasteiger partial charge in [0.2, 0.25) is 0 Å². The van der Waals surface area contributed by atoms with E-state index in [1.165, 1.54) is 79.0 Å². The Balaban J connectivity index is 1.14. The summed E-state index contributed by atoms with van der Waals surface area (Å²) in [6.45, 7) is 5.06. The van der Waals surface area contributed by atoms with Gasteiger partial charge in [0.15, 0.2) is 0 Å². The Morgan fingerprint density at radius 1 is 0.642 bits per heavy atom. The fraction of sp³-hybridized carbons (Fsp3) is 0.255. The lowest BCUT2D eigenvalue weighted by Crippen LogP contribution is -2.24. The summed E-state index contributed by atoms with van der Waals surface area (Å²) in [7, 11) is 0. The summed E-state index contributed by atoms with van der Waals surface area (Å²) >= 11 is 0. The molecular formula is C47H45FN4O. The highest BCUT2D eigenvalue weighted by atomic mass is 19.1. The van der Waals surface area contributed by atoms with Gasteiger partial charge in [-0.05, 0) is 115 Å². The smallest absolute Gasteiger partial charge is 0.137 e. The number of ether oxygens (including phenoxy) is 1. The number of nitrogens with zero attached hydrogens (tertiary/aromatic N) is 4. The lowest BCUT2D eigenvalue weighted by Gasteiger charge is -2.26. The molecule has 5 aromatic carbocycles. The Morgan fingerprint density at radius 3 is 2.11 bits per heavy atom. The zero-order chi connectivity index (χ0) is 35.9. The van der Waals surface area contributed by atoms with Crippen LogP contribution in [0.1, 0.15) is 81.8 Å². The van der Waals surface area contributed by atoms with Gasteiger partial charge in [-0.25, -0.2) is 9.37 Å². The molecule has 1 aliphatic heterocycles. The van der Waals surface area contributed by atoms with Crippen molar-refractivity contribution < 1.29 is 9.13 Å². The van der Waals surface area contributed by atoms with Gasteiger partial charge in [0, 0.05) is 40.5 Å². The quantitative estimate of drug-likeness (QED) is 0.166. The maximum atomic E-state index is 14.0. The van der Waals surface area contributed by atoms with Gasteiger partial charge < -0.3 is 14.5 Å². The molecule has 2 aliphatic rings. The molecule has 53 heavy (non-hydrogen) atoms. The van der Waals surface area contributed by atoms with Crippen molar-refractivity contribution in [2.75, 3.05) is 16.5 Å². The van der Waals surface area contributed by atoms with Crippen LogP contribution in [0.3, 0.4) is 0 Å². The van der Waals surface area contributed by atoms with E-state index in [1.54, 1.807) is 0 Å². The van der Waals surface area contributed by atoms with Crippen molar-refractivity contribution in [3.05, 3.63) is 144 Å². The van der Waals surface area contributed by atoms with Gasteiger partial charge in [0.05, 0.1) is 22.4 Å². The molecule has 2 aromatic heterocycles. The topological polar surface area (TPSA) is 33.5 Å². The Morgan fingerprint density at radius 2 is 1.34 bits per heavy atom. The van der Waals surface area contributed by atoms with Crippen LogP contribution in [0.5, 0.6) is 11.5 Å². The molecule has 0 unspecified atom stereocenters. The third kappa shape index (κ3) is 6.41. The van der Waals surface area contributed by atoms with Gasteiger partial charge in [-0.15, -0.1) is 0 Å². The molecule has 3 heterocycles. The molecule has 0 radical (unpaired) electrons. The molecule has 0 saturated heterocycles. The number of halogens is 1. The van der Waals surface area contributed by atoms with E-state index in [0.29, 0.717) is 18.5 Å². The zero-order valence-corrected chi connectivity index (χ0v) is 30.5. The Labute approximate surface area is 311 Å². The number of hydrogen-bond acceptors (Lipinski definition) is 4. The zero-order valence-electron chi connectivity index (χ0n) is 30.5. The first kappa shape index (κ1) is 33.2. The summed E-state index contributed by atoms with van der Waals surface area (Å²) in [6, 6.07) is 41.5. The van der Waals surface area contributed by atoms with Crippen LogP contribution in [0.25, 0.3) is 27.6 Å². The molecule has 6 heteroatoms. The Bertz CT molecular complexity index is 2410. The fourth-order valence-electron chi connectivity index (χ4n) is 8.43. The van der Waals surface area contributed by atoms with Crippen molar-refractivity contribution in [2.24, 2.45) is 0 Å². The second-order valence-corrected chi connectivity index (χ2v) is 15.0. The highest BCUT2D eigenvalue weighted by Gasteiger charge is 2.29. The summed E-state index contributed by atoms with van der Waals surface area (Å²) < 4.78 is 23.1. The van der Waals surface area contributed by atoms with E-state index in [4.69, 9.17) is 9.72 Å². The summed E-state index contributed by atoms with van der Waals surface area (Å²) in [4.78, 5) is 9.48. The first-order valence-electron chi connectivity index (χ1n) is 19.2. The van der Waals surface area contributed by atoms with E-state index in [0.717, 1.165) is 51.1 Å². The van der Waals surface area contributed by atoms with Crippen molar-refractivity contribution in [1.29, 1.82) is 0 Å². The number of anilines is 4. The second kappa shape index (κ2) is 14.1. The highest BCUT2D eigenvalue weighted by molar-refractivity contribution is 6.09. The van der Waals surface area contributed by atoms with Crippen LogP contribution in [0.4, 0.5) is 27.1 Å². The summed E-state index contributed by atoms with van der Waals surface area (Å²) in [6.07, 6.45) is 10.7. The summed E-state index contributed by atoms with van der Waals surface area (Å²) in [5.41, 5.74) is 9.07. The molecule has 0 atom stereocenters. The van der Waals surface area contributed by atoms with Gasteiger partial charge in [-0.3, -0.25) is 4.57 Å². The minimum atomic E-state index is -0.231. The van der Waals surface area contributed by atoms with Crippen LogP contribution in [0.2, 0.25) is 0 Å². The molecular weight excluding hydrogens is 656 g/mol. The van der Waals surface area contributed by atoms with Crippen molar-refractivity contribution in [3.63, 3.8) is 0 Å². The van der Waals surface area contributed by atoms with Crippen LogP contribution in [-0.2, 0) is 0 Å². The van der Waals surface area contributed by atoms with Crippen molar-refractivity contribution in [3.8, 4) is 17.3 Å². The van der Waals surface area contributed by atoms with Gasteiger partial charge in [-0.1, -0.05) is 76.3 Å². The average molecular weight is 701 g/mol. The predicted molar refractivity (Wildman–Crippen MR) is 216 cm³/mol. The molecule has 9 rings (SSSR count). The minimum Gasteiger partial charge on any atom is -0.457 e. The third-order valence-electron chi connectivity index (χ3n) is 11.2. The van der Waals surface area contributed by atoms with Gasteiger partial charge in [-0.2, -0.15) is 0 Å². The third-order valence-corrected chi connectivity index (χ3v) is 11.2. The van der Waals surface area contributed by atoms with Crippen molar-refractivity contribution in [1.82, 2.24) is 9.55 Å². The first-order chi connectivity index (χ1) is 26.0. The second-order valence-electron chi connectivity index (χ2n) is 15.0. The Kier molecular flexibility index (Phi) is 8.82. The van der Waals surface area contributed by atoms with Crippen LogP contribution in [-0.4, -0.2) is 16.2 Å². The maximum absolute atomic E-state index is 14.0. The SMILES string of the molecule is CC(C)c1ccnc(-n2c3ccccc3c3ccc(Oc4cc(C5CCCCCCC5)cc(N5CN(c6ccc(F)cc6)c6ccccc65)c4)cc32)c1. The number of para-hydroxylation sites is 3. The van der Waals surface area contributed by atoms with E-state index < -0.39 is 0 Å².